The summed E-state index contributed by atoms with van der Waals surface area (Å²) in [4.78, 5) is 14.2. The fourth-order valence-electron chi connectivity index (χ4n) is 2.76. The van der Waals surface area contributed by atoms with Crippen LogP contribution in [-0.2, 0) is 11.3 Å². The van der Waals surface area contributed by atoms with Crippen molar-refractivity contribution in [1.29, 1.82) is 0 Å². The number of hydrogen-bond donors (Lipinski definition) is 0. The van der Waals surface area contributed by atoms with E-state index in [0.29, 0.717) is 11.7 Å². The molecule has 3 rings (SSSR count). The molecule has 5 nitrogen and oxygen atoms in total. The minimum atomic E-state index is -0.272. The molecule has 1 aromatic heterocycles. The second-order valence-electron chi connectivity index (χ2n) is 6.38. The lowest BCUT2D eigenvalue weighted by Gasteiger charge is -2.25. The smallest absolute Gasteiger partial charge is 0.233 e. The maximum absolute atomic E-state index is 13.1. The molecule has 1 heterocycles. The van der Waals surface area contributed by atoms with E-state index in [1.54, 1.807) is 24.1 Å². The van der Waals surface area contributed by atoms with Crippen LogP contribution in [0.15, 0.2) is 29.4 Å². The third kappa shape index (κ3) is 4.03. The first-order valence-corrected chi connectivity index (χ1v) is 9.56. The second-order valence-corrected chi connectivity index (χ2v) is 7.32. The van der Waals surface area contributed by atoms with E-state index >= 15 is 0 Å². The fraction of sp³-hybridized carbons (Fsp3) is 0.500. The first-order chi connectivity index (χ1) is 12.0. The van der Waals surface area contributed by atoms with Crippen molar-refractivity contribution in [2.45, 2.75) is 50.4 Å². The van der Waals surface area contributed by atoms with Gasteiger partial charge in [-0.25, -0.2) is 4.39 Å². The zero-order valence-corrected chi connectivity index (χ0v) is 15.6. The Morgan fingerprint density at radius 1 is 1.36 bits per heavy atom. The van der Waals surface area contributed by atoms with Crippen LogP contribution < -0.4 is 0 Å². The molecule has 1 saturated carbocycles. The summed E-state index contributed by atoms with van der Waals surface area (Å²) >= 11 is 1.43. The summed E-state index contributed by atoms with van der Waals surface area (Å²) in [5.41, 5.74) is 0.912. The van der Waals surface area contributed by atoms with E-state index in [1.807, 2.05) is 6.92 Å². The molecule has 0 spiro atoms. The third-order valence-corrected chi connectivity index (χ3v) is 5.61. The molecule has 1 aromatic carbocycles. The molecule has 1 unspecified atom stereocenters. The number of amides is 1. The van der Waals surface area contributed by atoms with Crippen molar-refractivity contribution >= 4 is 17.7 Å². The lowest BCUT2D eigenvalue weighted by Crippen LogP contribution is -2.31. The van der Waals surface area contributed by atoms with Crippen LogP contribution in [0.4, 0.5) is 4.39 Å². The second kappa shape index (κ2) is 7.56. The minimum Gasteiger partial charge on any atom is -0.338 e. The van der Waals surface area contributed by atoms with Gasteiger partial charge in [-0.05, 0) is 44.4 Å². The molecule has 0 N–H and O–H groups in total. The molecule has 25 heavy (non-hydrogen) atoms. The van der Waals surface area contributed by atoms with Gasteiger partial charge in [0.1, 0.15) is 11.6 Å². The molecule has 134 valence electrons. The Labute approximate surface area is 151 Å². The Balaban J connectivity index is 1.61. The molecule has 0 aliphatic heterocycles. The van der Waals surface area contributed by atoms with Crippen molar-refractivity contribution in [2.75, 3.05) is 12.8 Å². The Morgan fingerprint density at radius 2 is 2.04 bits per heavy atom. The zero-order valence-electron chi connectivity index (χ0n) is 14.8. The summed E-state index contributed by atoms with van der Waals surface area (Å²) in [5.74, 6) is 1.64. The molecule has 0 bridgehead atoms. The van der Waals surface area contributed by atoms with Crippen molar-refractivity contribution in [1.82, 2.24) is 19.7 Å². The average molecular weight is 362 g/mol. The van der Waals surface area contributed by atoms with Crippen LogP contribution in [0.1, 0.15) is 50.0 Å². The van der Waals surface area contributed by atoms with E-state index in [-0.39, 0.29) is 17.8 Å². The lowest BCUT2D eigenvalue weighted by atomic mass is 10.1. The molecule has 7 heteroatoms. The number of nitrogens with zero attached hydrogens (tertiary/aromatic N) is 4. The minimum absolute atomic E-state index is 0.0143. The zero-order chi connectivity index (χ0) is 18.0. The van der Waals surface area contributed by atoms with Crippen LogP contribution in [0, 0.1) is 5.82 Å². The van der Waals surface area contributed by atoms with E-state index in [1.165, 1.54) is 36.7 Å². The summed E-state index contributed by atoms with van der Waals surface area (Å²) in [5, 5.41) is 9.36. The Morgan fingerprint density at radius 3 is 2.64 bits per heavy atom. The quantitative estimate of drug-likeness (QED) is 0.706. The molecule has 1 amide bonds. The molecular weight excluding hydrogens is 339 g/mol. The van der Waals surface area contributed by atoms with Crippen LogP contribution >= 0.6 is 11.8 Å². The van der Waals surface area contributed by atoms with E-state index in [2.05, 4.69) is 21.7 Å². The monoisotopic (exact) mass is 362 g/mol. The summed E-state index contributed by atoms with van der Waals surface area (Å²) in [6.07, 6.45) is 2.36. The number of thioether (sulfide) groups is 1. The highest BCUT2D eigenvalue weighted by Crippen LogP contribution is 2.40. The van der Waals surface area contributed by atoms with Crippen molar-refractivity contribution in [3.05, 3.63) is 41.5 Å². The van der Waals surface area contributed by atoms with Crippen molar-refractivity contribution in [3.8, 4) is 0 Å². The Hall–Kier alpha value is -1.89. The van der Waals surface area contributed by atoms with Gasteiger partial charge in [-0.15, -0.1) is 10.2 Å². The summed E-state index contributed by atoms with van der Waals surface area (Å²) in [6.45, 7) is 4.83. The number of aromatic nitrogens is 3. The van der Waals surface area contributed by atoms with Crippen LogP contribution in [0.2, 0.25) is 0 Å². The SMILES string of the molecule is CCn1c(SCC(=O)N(C)C(C)c2ccc(F)cc2)nnc1C1CC1. The van der Waals surface area contributed by atoms with Gasteiger partial charge < -0.3 is 9.47 Å². The highest BCUT2D eigenvalue weighted by atomic mass is 32.2. The number of benzene rings is 1. The molecule has 1 atom stereocenters. The topological polar surface area (TPSA) is 51.0 Å². The molecule has 0 saturated heterocycles. The summed E-state index contributed by atoms with van der Waals surface area (Å²) < 4.78 is 15.2. The number of halogens is 1. The van der Waals surface area contributed by atoms with E-state index in [0.717, 1.165) is 23.1 Å². The van der Waals surface area contributed by atoms with Gasteiger partial charge in [-0.1, -0.05) is 23.9 Å². The van der Waals surface area contributed by atoms with Crippen LogP contribution in [0.25, 0.3) is 0 Å². The van der Waals surface area contributed by atoms with Crippen LogP contribution in [-0.4, -0.2) is 38.4 Å². The number of carbonyl (C=O) groups is 1. The average Bonchev–Trinajstić information content (AvgIpc) is 3.38. The van der Waals surface area contributed by atoms with Gasteiger partial charge in [0.2, 0.25) is 5.91 Å². The van der Waals surface area contributed by atoms with Gasteiger partial charge in [0.05, 0.1) is 11.8 Å². The molecular formula is C18H23FN4OS. The largest absolute Gasteiger partial charge is 0.338 e. The predicted molar refractivity (Wildman–Crippen MR) is 96.0 cm³/mol. The molecule has 1 aliphatic carbocycles. The number of rotatable bonds is 7. The van der Waals surface area contributed by atoms with Crippen molar-refractivity contribution < 1.29 is 9.18 Å². The number of hydrogen-bond acceptors (Lipinski definition) is 4. The van der Waals surface area contributed by atoms with Crippen molar-refractivity contribution in [2.24, 2.45) is 0 Å². The Bertz CT molecular complexity index is 742. The van der Waals surface area contributed by atoms with Crippen LogP contribution in [0.5, 0.6) is 0 Å². The van der Waals surface area contributed by atoms with E-state index in [4.69, 9.17) is 0 Å². The summed E-state index contributed by atoms with van der Waals surface area (Å²) in [6, 6.07) is 6.16. The van der Waals surface area contributed by atoms with Gasteiger partial charge in [0, 0.05) is 19.5 Å². The van der Waals surface area contributed by atoms with Gasteiger partial charge in [0.25, 0.3) is 0 Å². The highest BCUT2D eigenvalue weighted by Gasteiger charge is 2.30. The lowest BCUT2D eigenvalue weighted by molar-refractivity contribution is -0.128. The maximum Gasteiger partial charge on any atom is 0.233 e. The molecule has 2 aromatic rings. The number of carbonyl (C=O) groups excluding carboxylic acids is 1. The predicted octanol–water partition coefficient (Wildman–Crippen LogP) is 3.63. The van der Waals surface area contributed by atoms with Gasteiger partial charge >= 0.3 is 0 Å². The van der Waals surface area contributed by atoms with Gasteiger partial charge in [0.15, 0.2) is 5.16 Å². The molecule has 0 radical (unpaired) electrons. The maximum atomic E-state index is 13.1. The Kier molecular flexibility index (Phi) is 5.42. The molecule has 1 fully saturated rings. The summed E-state index contributed by atoms with van der Waals surface area (Å²) in [7, 11) is 1.77. The first-order valence-electron chi connectivity index (χ1n) is 8.58. The molecule has 1 aliphatic rings. The van der Waals surface area contributed by atoms with Gasteiger partial charge in [-0.2, -0.15) is 0 Å². The third-order valence-electron chi connectivity index (χ3n) is 4.66. The van der Waals surface area contributed by atoms with Crippen molar-refractivity contribution in [3.63, 3.8) is 0 Å². The first kappa shape index (κ1) is 17.9. The van der Waals surface area contributed by atoms with Gasteiger partial charge in [-0.3, -0.25) is 4.79 Å². The van der Waals surface area contributed by atoms with Crippen LogP contribution in [0.3, 0.4) is 0 Å². The van der Waals surface area contributed by atoms with E-state index < -0.39 is 0 Å². The highest BCUT2D eigenvalue weighted by molar-refractivity contribution is 7.99. The normalized spacial score (nSPS) is 15.2. The fourth-order valence-corrected chi connectivity index (χ4v) is 3.69. The van der Waals surface area contributed by atoms with E-state index in [9.17, 15) is 9.18 Å². The standard InChI is InChI=1S/C18H23FN4OS/c1-4-23-17(14-5-6-14)20-21-18(23)25-11-16(24)22(3)12(2)13-7-9-15(19)10-8-13/h7-10,12,14H,4-6,11H2,1-3H3.